The molecule has 1 aliphatic rings. The van der Waals surface area contributed by atoms with E-state index in [1.807, 2.05) is 13.8 Å². The summed E-state index contributed by atoms with van der Waals surface area (Å²) in [6.45, 7) is 3.69. The van der Waals surface area contributed by atoms with Gasteiger partial charge in [-0.1, -0.05) is 0 Å². The first-order valence-corrected chi connectivity index (χ1v) is 5.47. The number of rotatable bonds is 3. The second-order valence-corrected chi connectivity index (χ2v) is 4.31. The van der Waals surface area contributed by atoms with Crippen LogP contribution in [-0.2, 0) is 4.74 Å². The van der Waals surface area contributed by atoms with E-state index in [2.05, 4.69) is 15.5 Å². The van der Waals surface area contributed by atoms with Crippen LogP contribution in [0.15, 0.2) is 0 Å². The number of carbonyl (C=O) groups is 1. The molecule has 1 heterocycles. The molecule has 1 fully saturated rings. The molecule has 1 aromatic rings. The van der Waals surface area contributed by atoms with E-state index in [9.17, 15) is 4.79 Å². The number of carbonyl (C=O) groups excluding carboxylic acids is 1. The van der Waals surface area contributed by atoms with Gasteiger partial charge in [-0.25, -0.2) is 0 Å². The molecule has 0 radical (unpaired) electrons. The Bertz CT molecular complexity index is 374. The summed E-state index contributed by atoms with van der Waals surface area (Å²) in [7, 11) is 1.70. The number of H-pyrrole nitrogens is 1. The topological polar surface area (TPSA) is 67.0 Å². The van der Waals surface area contributed by atoms with E-state index in [1.54, 1.807) is 7.11 Å². The molecule has 0 aliphatic heterocycles. The number of nitrogens with zero attached hydrogens (tertiary/aromatic N) is 1. The van der Waals surface area contributed by atoms with Crippen molar-refractivity contribution in [2.45, 2.75) is 38.8 Å². The Labute approximate surface area is 94.6 Å². The van der Waals surface area contributed by atoms with Gasteiger partial charge in [0.25, 0.3) is 5.91 Å². The Balaban J connectivity index is 1.94. The van der Waals surface area contributed by atoms with E-state index in [-0.39, 0.29) is 11.9 Å². The average Bonchev–Trinajstić information content (AvgIpc) is 2.51. The Morgan fingerprint density at radius 2 is 2.19 bits per heavy atom. The van der Waals surface area contributed by atoms with Crippen LogP contribution in [0.4, 0.5) is 0 Å². The zero-order valence-corrected chi connectivity index (χ0v) is 9.83. The number of ether oxygens (including phenoxy) is 1. The first kappa shape index (κ1) is 11.1. The number of aryl methyl sites for hydroxylation is 2. The van der Waals surface area contributed by atoms with E-state index < -0.39 is 0 Å². The van der Waals surface area contributed by atoms with E-state index in [0.717, 1.165) is 24.2 Å². The fourth-order valence-corrected chi connectivity index (χ4v) is 2.02. The fraction of sp³-hybridized carbons (Fsp3) is 0.636. The lowest BCUT2D eigenvalue weighted by Gasteiger charge is -2.34. The van der Waals surface area contributed by atoms with Gasteiger partial charge in [0.05, 0.1) is 17.4 Å². The Morgan fingerprint density at radius 3 is 2.69 bits per heavy atom. The summed E-state index contributed by atoms with van der Waals surface area (Å²) >= 11 is 0. The molecule has 0 bridgehead atoms. The van der Waals surface area contributed by atoms with Crippen LogP contribution >= 0.6 is 0 Å². The minimum atomic E-state index is -0.0386. The molecule has 16 heavy (non-hydrogen) atoms. The molecule has 1 amide bonds. The quantitative estimate of drug-likeness (QED) is 0.801. The summed E-state index contributed by atoms with van der Waals surface area (Å²) in [5.41, 5.74) is 2.23. The predicted octanol–water partition coefficient (Wildman–Crippen LogP) is 0.934. The highest BCUT2D eigenvalue weighted by molar-refractivity contribution is 5.96. The minimum Gasteiger partial charge on any atom is -0.381 e. The molecule has 1 aliphatic carbocycles. The van der Waals surface area contributed by atoms with Crippen LogP contribution in [0.2, 0.25) is 0 Å². The van der Waals surface area contributed by atoms with Crippen molar-refractivity contribution in [3.8, 4) is 0 Å². The van der Waals surface area contributed by atoms with Gasteiger partial charge in [-0.3, -0.25) is 9.89 Å². The highest BCUT2D eigenvalue weighted by atomic mass is 16.5. The lowest BCUT2D eigenvalue weighted by Crippen LogP contribution is -2.47. The van der Waals surface area contributed by atoms with Crippen LogP contribution in [0.5, 0.6) is 0 Å². The van der Waals surface area contributed by atoms with Crippen LogP contribution in [-0.4, -0.2) is 35.4 Å². The molecule has 5 nitrogen and oxygen atoms in total. The van der Waals surface area contributed by atoms with Gasteiger partial charge < -0.3 is 10.1 Å². The molecule has 0 saturated heterocycles. The van der Waals surface area contributed by atoms with Gasteiger partial charge in [0.1, 0.15) is 0 Å². The smallest absolute Gasteiger partial charge is 0.255 e. The molecular formula is C11H17N3O2. The monoisotopic (exact) mass is 223 g/mol. The minimum absolute atomic E-state index is 0.0386. The predicted molar refractivity (Wildman–Crippen MR) is 59.3 cm³/mol. The normalized spacial score (nSPS) is 23.9. The summed E-state index contributed by atoms with van der Waals surface area (Å²) in [4.78, 5) is 11.9. The maximum atomic E-state index is 11.9. The van der Waals surface area contributed by atoms with Crippen LogP contribution in [0.3, 0.4) is 0 Å². The lowest BCUT2D eigenvalue weighted by atomic mass is 9.89. The number of hydrogen-bond donors (Lipinski definition) is 2. The number of aromatic amines is 1. The van der Waals surface area contributed by atoms with Crippen molar-refractivity contribution in [3.05, 3.63) is 17.0 Å². The maximum Gasteiger partial charge on any atom is 0.255 e. The first-order chi connectivity index (χ1) is 7.61. The van der Waals surface area contributed by atoms with E-state index >= 15 is 0 Å². The summed E-state index contributed by atoms with van der Waals surface area (Å²) in [5, 5.41) is 9.81. The Morgan fingerprint density at radius 1 is 1.50 bits per heavy atom. The van der Waals surface area contributed by atoms with Gasteiger partial charge in [0.15, 0.2) is 0 Å². The molecule has 1 aromatic heterocycles. The van der Waals surface area contributed by atoms with Crippen molar-refractivity contribution in [1.29, 1.82) is 0 Å². The van der Waals surface area contributed by atoms with Crippen LogP contribution in [0.25, 0.3) is 0 Å². The number of methoxy groups -OCH3 is 1. The van der Waals surface area contributed by atoms with E-state index in [0.29, 0.717) is 11.7 Å². The van der Waals surface area contributed by atoms with Crippen molar-refractivity contribution < 1.29 is 9.53 Å². The SMILES string of the molecule is COC1CC(NC(=O)c2c(C)n[nH]c2C)C1. The highest BCUT2D eigenvalue weighted by Crippen LogP contribution is 2.23. The van der Waals surface area contributed by atoms with Crippen LogP contribution < -0.4 is 5.32 Å². The second kappa shape index (κ2) is 4.25. The average molecular weight is 223 g/mol. The van der Waals surface area contributed by atoms with Gasteiger partial charge >= 0.3 is 0 Å². The van der Waals surface area contributed by atoms with Gasteiger partial charge in [-0.05, 0) is 26.7 Å². The van der Waals surface area contributed by atoms with Crippen molar-refractivity contribution in [1.82, 2.24) is 15.5 Å². The molecule has 88 valence electrons. The Hall–Kier alpha value is -1.36. The molecule has 2 N–H and O–H groups in total. The third-order valence-corrected chi connectivity index (χ3v) is 3.12. The lowest BCUT2D eigenvalue weighted by molar-refractivity contribution is 0.0176. The zero-order valence-electron chi connectivity index (χ0n) is 9.83. The molecule has 5 heteroatoms. The van der Waals surface area contributed by atoms with Crippen molar-refractivity contribution in [2.24, 2.45) is 0 Å². The zero-order chi connectivity index (χ0) is 11.7. The first-order valence-electron chi connectivity index (χ1n) is 5.47. The largest absolute Gasteiger partial charge is 0.381 e. The molecule has 0 aromatic carbocycles. The Kier molecular flexibility index (Phi) is 2.96. The van der Waals surface area contributed by atoms with Gasteiger partial charge in [-0.15, -0.1) is 0 Å². The molecule has 0 unspecified atom stereocenters. The van der Waals surface area contributed by atoms with Gasteiger partial charge in [-0.2, -0.15) is 5.10 Å². The summed E-state index contributed by atoms with van der Waals surface area (Å²) < 4.78 is 5.17. The van der Waals surface area contributed by atoms with Crippen LogP contribution in [0, 0.1) is 13.8 Å². The van der Waals surface area contributed by atoms with E-state index in [1.165, 1.54) is 0 Å². The third-order valence-electron chi connectivity index (χ3n) is 3.12. The maximum absolute atomic E-state index is 11.9. The summed E-state index contributed by atoms with van der Waals surface area (Å²) in [6, 6.07) is 0.242. The molecule has 0 spiro atoms. The number of aromatic nitrogens is 2. The van der Waals surface area contributed by atoms with Crippen molar-refractivity contribution in [3.63, 3.8) is 0 Å². The third kappa shape index (κ3) is 1.95. The van der Waals surface area contributed by atoms with E-state index in [4.69, 9.17) is 4.74 Å². The fourth-order valence-electron chi connectivity index (χ4n) is 2.02. The number of amides is 1. The van der Waals surface area contributed by atoms with Crippen molar-refractivity contribution >= 4 is 5.91 Å². The standard InChI is InChI=1S/C11H17N3O2/c1-6-10(7(2)14-13-6)11(15)12-8-4-9(5-8)16-3/h8-9H,4-5H2,1-3H3,(H,12,15)(H,13,14). The second-order valence-electron chi connectivity index (χ2n) is 4.31. The number of nitrogens with one attached hydrogen (secondary N) is 2. The number of hydrogen-bond acceptors (Lipinski definition) is 3. The molecule has 2 rings (SSSR count). The molecule has 0 atom stereocenters. The van der Waals surface area contributed by atoms with Crippen LogP contribution in [0.1, 0.15) is 34.6 Å². The summed E-state index contributed by atoms with van der Waals surface area (Å²) in [5.74, 6) is -0.0386. The molecule has 1 saturated carbocycles. The van der Waals surface area contributed by atoms with Gasteiger partial charge in [0.2, 0.25) is 0 Å². The molecular weight excluding hydrogens is 206 g/mol. The van der Waals surface area contributed by atoms with Crippen molar-refractivity contribution in [2.75, 3.05) is 7.11 Å². The summed E-state index contributed by atoms with van der Waals surface area (Å²) in [6.07, 6.45) is 2.10. The van der Waals surface area contributed by atoms with Gasteiger partial charge in [0, 0.05) is 18.8 Å². The highest BCUT2D eigenvalue weighted by Gasteiger charge is 2.31.